The fourth-order valence-electron chi connectivity index (χ4n) is 6.96. The molecule has 0 radical (unpaired) electrons. The van der Waals surface area contributed by atoms with Gasteiger partial charge in [0.2, 0.25) is 5.91 Å². The molecule has 4 rings (SSSR count). The Morgan fingerprint density at radius 1 is 0.973 bits per heavy atom. The second-order valence-corrected chi connectivity index (χ2v) is 10.8. The summed E-state index contributed by atoms with van der Waals surface area (Å²) in [7, 11) is 0. The lowest BCUT2D eigenvalue weighted by molar-refractivity contribution is -0.118. The van der Waals surface area contributed by atoms with Crippen LogP contribution in [0.3, 0.4) is 0 Å². The zero-order chi connectivity index (χ0) is 26.7. The molecule has 2 saturated carbocycles. The summed E-state index contributed by atoms with van der Waals surface area (Å²) in [5.41, 5.74) is -0.412. The summed E-state index contributed by atoms with van der Waals surface area (Å²) in [4.78, 5) is 37.2. The van der Waals surface area contributed by atoms with Gasteiger partial charge in [-0.15, -0.1) is 0 Å². The summed E-state index contributed by atoms with van der Waals surface area (Å²) in [6.45, 7) is 4.63. The quantitative estimate of drug-likeness (QED) is 0.344. The topological polar surface area (TPSA) is 136 Å². The molecule has 2 heterocycles. The van der Waals surface area contributed by atoms with Gasteiger partial charge in [-0.2, -0.15) is 0 Å². The number of Topliss-reactive ketones (excluding diaryl/α,β-unsaturated/α-hetero) is 1. The molecule has 8 heteroatoms. The molecule has 2 aliphatic heterocycles. The maximum Gasteiger partial charge on any atom is 0.259 e. The van der Waals surface area contributed by atoms with E-state index in [0.29, 0.717) is 23.7 Å². The largest absolute Gasteiger partial charge is 0.507 e. The van der Waals surface area contributed by atoms with Gasteiger partial charge in [-0.05, 0) is 60.8 Å². The van der Waals surface area contributed by atoms with Crippen LogP contribution >= 0.6 is 0 Å². The number of fused-ring (bicyclic) bond motifs is 5. The van der Waals surface area contributed by atoms with E-state index < -0.39 is 41.3 Å². The van der Waals surface area contributed by atoms with Gasteiger partial charge in [0.05, 0.1) is 12.2 Å². The Hall–Kier alpha value is -2.97. The van der Waals surface area contributed by atoms with Crippen molar-refractivity contribution in [1.29, 1.82) is 0 Å². The van der Waals surface area contributed by atoms with Crippen LogP contribution in [0.2, 0.25) is 0 Å². The van der Waals surface area contributed by atoms with Crippen LogP contribution < -0.4 is 10.6 Å². The van der Waals surface area contributed by atoms with Crippen molar-refractivity contribution in [2.24, 2.45) is 35.5 Å². The number of hydrogen-bond acceptors (Lipinski definition) is 6. The van der Waals surface area contributed by atoms with E-state index in [9.17, 15) is 29.7 Å². The number of allylic oxidation sites excluding steroid dienone is 6. The maximum atomic E-state index is 12.7. The monoisotopic (exact) mass is 510 g/mol. The highest BCUT2D eigenvalue weighted by atomic mass is 16.3. The molecular weight excluding hydrogens is 472 g/mol. The predicted molar refractivity (Wildman–Crippen MR) is 139 cm³/mol. The Morgan fingerprint density at radius 3 is 2.46 bits per heavy atom. The lowest BCUT2D eigenvalue weighted by Crippen LogP contribution is -2.42. The average Bonchev–Trinajstić information content (AvgIpc) is 3.48. The number of carbonyl (C=O) groups is 3. The summed E-state index contributed by atoms with van der Waals surface area (Å²) < 4.78 is 0. The van der Waals surface area contributed by atoms with Crippen molar-refractivity contribution >= 4 is 17.6 Å². The summed E-state index contributed by atoms with van der Waals surface area (Å²) in [5, 5.41) is 37.1. The van der Waals surface area contributed by atoms with Crippen molar-refractivity contribution in [1.82, 2.24) is 10.6 Å². The molecule has 1 saturated heterocycles. The van der Waals surface area contributed by atoms with E-state index in [-0.39, 0.29) is 30.7 Å². The number of nitrogens with one attached hydrogen (secondary N) is 2. The van der Waals surface area contributed by atoms with Gasteiger partial charge in [-0.3, -0.25) is 14.4 Å². The number of hydrogen-bond donors (Lipinski definition) is 5. The summed E-state index contributed by atoms with van der Waals surface area (Å²) in [6, 6.07) is -1.19. The minimum atomic E-state index is -1.22. The molecule has 3 fully saturated rings. The molecular formula is C29H38N2O6. The van der Waals surface area contributed by atoms with Crippen LogP contribution in [0, 0.1) is 35.5 Å². The second kappa shape index (κ2) is 11.6. The third-order valence-corrected chi connectivity index (χ3v) is 8.75. The van der Waals surface area contributed by atoms with Gasteiger partial charge in [-0.25, -0.2) is 0 Å². The number of ketones is 1. The first-order valence-corrected chi connectivity index (χ1v) is 13.3. The Balaban J connectivity index is 1.62. The number of aliphatic hydroxyl groups excluding tert-OH is 3. The van der Waals surface area contributed by atoms with Crippen molar-refractivity contribution in [3.63, 3.8) is 0 Å². The fraction of sp³-hybridized carbons (Fsp3) is 0.552. The molecule has 2 aliphatic carbocycles. The summed E-state index contributed by atoms with van der Waals surface area (Å²) in [6.07, 6.45) is 14.5. The van der Waals surface area contributed by atoms with E-state index in [1.54, 1.807) is 18.2 Å². The molecule has 5 N–H and O–H groups in total. The van der Waals surface area contributed by atoms with E-state index in [1.807, 2.05) is 6.08 Å². The first kappa shape index (κ1) is 27.1. The van der Waals surface area contributed by atoms with E-state index in [1.165, 1.54) is 24.6 Å². The minimum absolute atomic E-state index is 0.0293. The third kappa shape index (κ3) is 5.65. The molecule has 4 aliphatic rings. The smallest absolute Gasteiger partial charge is 0.259 e. The molecule has 0 aromatic heterocycles. The molecule has 0 aromatic carbocycles. The number of aliphatic hydroxyl groups is 3. The average molecular weight is 511 g/mol. The van der Waals surface area contributed by atoms with E-state index in [2.05, 4.69) is 30.6 Å². The zero-order valence-electron chi connectivity index (χ0n) is 21.4. The SMILES string of the molecule is CCC1CC2CC3C=CC=CC(=O)NCCC(O)C4NC(=O)C(=C(O)C=CC=CC(O)C3C2C1C)C4=O. The minimum Gasteiger partial charge on any atom is -0.507 e. The fourth-order valence-corrected chi connectivity index (χ4v) is 6.96. The first-order valence-electron chi connectivity index (χ1n) is 13.3. The van der Waals surface area contributed by atoms with Gasteiger partial charge >= 0.3 is 0 Å². The zero-order valence-corrected chi connectivity index (χ0v) is 21.4. The second-order valence-electron chi connectivity index (χ2n) is 10.8. The highest BCUT2D eigenvalue weighted by molar-refractivity contribution is 6.27. The van der Waals surface area contributed by atoms with Crippen molar-refractivity contribution in [3.8, 4) is 0 Å². The predicted octanol–water partition coefficient (Wildman–Crippen LogP) is 2.27. The van der Waals surface area contributed by atoms with E-state index >= 15 is 0 Å². The number of amides is 2. The molecule has 9 atom stereocenters. The molecule has 0 aromatic rings. The summed E-state index contributed by atoms with van der Waals surface area (Å²) >= 11 is 0. The maximum absolute atomic E-state index is 12.7. The van der Waals surface area contributed by atoms with Crippen LogP contribution in [-0.2, 0) is 14.4 Å². The van der Waals surface area contributed by atoms with Gasteiger partial charge in [0, 0.05) is 12.6 Å². The molecule has 37 heavy (non-hydrogen) atoms. The number of rotatable bonds is 1. The number of carbonyl (C=O) groups excluding carboxylic acids is 3. The van der Waals surface area contributed by atoms with Crippen molar-refractivity contribution in [2.45, 2.75) is 57.8 Å². The molecule has 2 bridgehead atoms. The van der Waals surface area contributed by atoms with Crippen LogP contribution in [0.1, 0.15) is 39.5 Å². The Morgan fingerprint density at radius 2 is 1.70 bits per heavy atom. The van der Waals surface area contributed by atoms with Crippen LogP contribution in [0.5, 0.6) is 0 Å². The van der Waals surface area contributed by atoms with E-state index in [0.717, 1.165) is 12.8 Å². The van der Waals surface area contributed by atoms with Crippen LogP contribution in [0.4, 0.5) is 0 Å². The molecule has 9 unspecified atom stereocenters. The Labute approximate surface area is 217 Å². The Bertz CT molecular complexity index is 1060. The van der Waals surface area contributed by atoms with Crippen molar-refractivity contribution < 1.29 is 29.7 Å². The molecule has 2 amide bonds. The van der Waals surface area contributed by atoms with Gasteiger partial charge in [0.15, 0.2) is 5.78 Å². The highest BCUT2D eigenvalue weighted by Crippen LogP contribution is 2.57. The normalized spacial score (nSPS) is 38.9. The standard InChI is InChI=1S/C29H38N2O6/c1-3-17-14-19-15-18-8-4-7-11-23(35)30-13-12-22(34)27-28(36)26(29(37)31-27)21(33)10-6-5-9-20(32)25(18)24(19)16(17)2/h4-11,16-20,22,24-25,27,32-34H,3,12-15H2,1-2H3,(H,30,35)(H,31,37). The van der Waals surface area contributed by atoms with Crippen LogP contribution in [0.25, 0.3) is 0 Å². The van der Waals surface area contributed by atoms with Crippen LogP contribution in [0.15, 0.2) is 59.9 Å². The van der Waals surface area contributed by atoms with Crippen LogP contribution in [-0.4, -0.2) is 57.7 Å². The van der Waals surface area contributed by atoms with Gasteiger partial charge in [-0.1, -0.05) is 56.7 Å². The Kier molecular flexibility index (Phi) is 8.49. The lowest BCUT2D eigenvalue weighted by Gasteiger charge is -2.30. The van der Waals surface area contributed by atoms with E-state index in [4.69, 9.17) is 0 Å². The van der Waals surface area contributed by atoms with Crippen molar-refractivity contribution in [2.75, 3.05) is 6.54 Å². The molecule has 0 spiro atoms. The molecule has 200 valence electrons. The van der Waals surface area contributed by atoms with Gasteiger partial charge in [0.25, 0.3) is 5.91 Å². The lowest BCUT2D eigenvalue weighted by atomic mass is 9.76. The van der Waals surface area contributed by atoms with Gasteiger partial charge < -0.3 is 26.0 Å². The first-order chi connectivity index (χ1) is 17.7. The molecule has 8 nitrogen and oxygen atoms in total. The van der Waals surface area contributed by atoms with Gasteiger partial charge in [0.1, 0.15) is 17.4 Å². The third-order valence-electron chi connectivity index (χ3n) is 8.75. The summed E-state index contributed by atoms with van der Waals surface area (Å²) in [5.74, 6) is 0.00864. The highest BCUT2D eigenvalue weighted by Gasteiger charge is 2.52. The van der Waals surface area contributed by atoms with Crippen molar-refractivity contribution in [3.05, 3.63) is 59.9 Å².